The Labute approximate surface area is 269 Å². The summed E-state index contributed by atoms with van der Waals surface area (Å²) in [6, 6.07) is -0.885. The maximum Gasteiger partial charge on any atom is 0.472 e. The molecular weight excluding hydrogens is 575 g/mol. The summed E-state index contributed by atoms with van der Waals surface area (Å²) in [5.41, 5.74) is 5.33. The van der Waals surface area contributed by atoms with Crippen LogP contribution in [0.5, 0.6) is 0 Å². The number of amides is 1. The van der Waals surface area contributed by atoms with E-state index in [0.717, 1.165) is 70.6 Å². The van der Waals surface area contributed by atoms with E-state index in [0.29, 0.717) is 6.42 Å². The molecule has 44 heavy (non-hydrogen) atoms. The third-order valence-corrected chi connectivity index (χ3v) is 8.09. The molecule has 0 aromatic rings. The van der Waals surface area contributed by atoms with Crippen LogP contribution < -0.4 is 11.1 Å². The van der Waals surface area contributed by atoms with Crippen molar-refractivity contribution >= 4 is 13.7 Å². The van der Waals surface area contributed by atoms with Crippen molar-refractivity contribution in [3.63, 3.8) is 0 Å². The van der Waals surface area contributed by atoms with Crippen molar-refractivity contribution < 1.29 is 28.4 Å². The fourth-order valence-electron chi connectivity index (χ4n) is 4.44. The van der Waals surface area contributed by atoms with Crippen LogP contribution in [0.25, 0.3) is 0 Å². The number of phosphoric ester groups is 1. The zero-order chi connectivity index (χ0) is 32.6. The molecule has 0 aliphatic rings. The van der Waals surface area contributed by atoms with Gasteiger partial charge in [-0.05, 0) is 64.2 Å². The summed E-state index contributed by atoms with van der Waals surface area (Å²) in [5.74, 6) is -0.223. The van der Waals surface area contributed by atoms with Crippen LogP contribution in [0.3, 0.4) is 0 Å². The van der Waals surface area contributed by atoms with Crippen molar-refractivity contribution in [1.82, 2.24) is 5.32 Å². The Bertz CT molecular complexity index is 830. The van der Waals surface area contributed by atoms with E-state index in [1.54, 1.807) is 6.08 Å². The SMILES string of the molecule is CCCC/C=C/CC/C=C/CC/C=C/C(O)C(COP(=O)(O)OCCN)NC(=O)CCCCCCC/C=C\CCCCCC. The van der Waals surface area contributed by atoms with Gasteiger partial charge in [-0.3, -0.25) is 13.8 Å². The summed E-state index contributed by atoms with van der Waals surface area (Å²) in [5, 5.41) is 13.5. The minimum atomic E-state index is -4.34. The van der Waals surface area contributed by atoms with Gasteiger partial charge >= 0.3 is 7.82 Å². The zero-order valence-corrected chi connectivity index (χ0v) is 28.8. The summed E-state index contributed by atoms with van der Waals surface area (Å²) in [7, 11) is -4.34. The molecule has 0 rings (SSSR count). The van der Waals surface area contributed by atoms with Gasteiger partial charge in [-0.2, -0.15) is 0 Å². The first-order valence-electron chi connectivity index (χ1n) is 17.3. The molecule has 0 heterocycles. The highest BCUT2D eigenvalue weighted by atomic mass is 31.2. The number of aliphatic hydroxyl groups excluding tert-OH is 1. The van der Waals surface area contributed by atoms with Crippen LogP contribution in [-0.4, -0.2) is 47.8 Å². The molecule has 0 aliphatic heterocycles. The molecule has 0 aromatic carbocycles. The number of nitrogens with two attached hydrogens (primary N) is 1. The van der Waals surface area contributed by atoms with Crippen LogP contribution in [0.2, 0.25) is 0 Å². The maximum absolute atomic E-state index is 12.6. The zero-order valence-electron chi connectivity index (χ0n) is 27.9. The van der Waals surface area contributed by atoms with E-state index < -0.39 is 20.0 Å². The Morgan fingerprint density at radius 3 is 1.82 bits per heavy atom. The van der Waals surface area contributed by atoms with E-state index in [4.69, 9.17) is 14.8 Å². The molecule has 9 heteroatoms. The molecular formula is C35H65N2O6P. The van der Waals surface area contributed by atoms with Gasteiger partial charge in [0.25, 0.3) is 0 Å². The molecule has 0 spiro atoms. The minimum Gasteiger partial charge on any atom is -0.387 e. The predicted octanol–water partition coefficient (Wildman–Crippen LogP) is 8.60. The number of hydrogen-bond donors (Lipinski definition) is 4. The van der Waals surface area contributed by atoms with E-state index in [9.17, 15) is 19.4 Å². The van der Waals surface area contributed by atoms with Gasteiger partial charge in [-0.15, -0.1) is 0 Å². The molecule has 3 unspecified atom stereocenters. The second-order valence-electron chi connectivity index (χ2n) is 11.3. The van der Waals surface area contributed by atoms with E-state index >= 15 is 0 Å². The van der Waals surface area contributed by atoms with Crippen LogP contribution in [0.1, 0.15) is 136 Å². The number of unbranched alkanes of at least 4 members (excludes halogenated alkanes) is 13. The van der Waals surface area contributed by atoms with Crippen molar-refractivity contribution in [1.29, 1.82) is 0 Å². The number of carbonyl (C=O) groups is 1. The van der Waals surface area contributed by atoms with Crippen molar-refractivity contribution in [2.75, 3.05) is 19.8 Å². The first kappa shape index (κ1) is 42.5. The molecule has 256 valence electrons. The minimum absolute atomic E-state index is 0.0688. The van der Waals surface area contributed by atoms with Gasteiger partial charge in [0.1, 0.15) is 0 Å². The molecule has 0 fully saturated rings. The van der Waals surface area contributed by atoms with E-state index in [2.05, 4.69) is 55.6 Å². The lowest BCUT2D eigenvalue weighted by molar-refractivity contribution is -0.123. The molecule has 0 bridgehead atoms. The fraction of sp³-hybridized carbons (Fsp3) is 0.743. The normalized spacial score (nSPS) is 15.1. The first-order chi connectivity index (χ1) is 21.4. The average molecular weight is 641 g/mol. The first-order valence-corrected chi connectivity index (χ1v) is 18.8. The molecule has 0 aromatic heterocycles. The number of hydrogen-bond acceptors (Lipinski definition) is 6. The summed E-state index contributed by atoms with van der Waals surface area (Å²) in [4.78, 5) is 22.5. The molecule has 0 aliphatic carbocycles. The smallest absolute Gasteiger partial charge is 0.387 e. The van der Waals surface area contributed by atoms with Gasteiger partial charge in [0.05, 0.1) is 25.4 Å². The lowest BCUT2D eigenvalue weighted by Crippen LogP contribution is -2.45. The Hall–Kier alpha value is -1.54. The number of rotatable bonds is 31. The third kappa shape index (κ3) is 29.2. The summed E-state index contributed by atoms with van der Waals surface area (Å²) >= 11 is 0. The molecule has 0 saturated heterocycles. The van der Waals surface area contributed by atoms with Gasteiger partial charge in [0.15, 0.2) is 0 Å². The number of phosphoric acid groups is 1. The summed E-state index contributed by atoms with van der Waals surface area (Å²) < 4.78 is 21.9. The van der Waals surface area contributed by atoms with Crippen LogP contribution in [0.4, 0.5) is 0 Å². The fourth-order valence-corrected chi connectivity index (χ4v) is 5.19. The van der Waals surface area contributed by atoms with Gasteiger partial charge < -0.3 is 21.1 Å². The van der Waals surface area contributed by atoms with Crippen LogP contribution in [0, 0.1) is 0 Å². The Kier molecular flexibility index (Phi) is 30.3. The number of allylic oxidation sites excluding steroid dienone is 7. The molecule has 8 nitrogen and oxygen atoms in total. The summed E-state index contributed by atoms with van der Waals surface area (Å²) in [6.45, 7) is 3.99. The Morgan fingerprint density at radius 2 is 1.23 bits per heavy atom. The maximum atomic E-state index is 12.6. The van der Waals surface area contributed by atoms with Gasteiger partial charge in [0, 0.05) is 13.0 Å². The van der Waals surface area contributed by atoms with Crippen molar-refractivity contribution in [2.24, 2.45) is 5.73 Å². The second-order valence-corrected chi connectivity index (χ2v) is 12.8. The van der Waals surface area contributed by atoms with Crippen LogP contribution in [-0.2, 0) is 18.4 Å². The van der Waals surface area contributed by atoms with E-state index in [1.165, 1.54) is 44.9 Å². The van der Waals surface area contributed by atoms with Crippen molar-refractivity contribution in [3.8, 4) is 0 Å². The van der Waals surface area contributed by atoms with Gasteiger partial charge in [-0.25, -0.2) is 4.57 Å². The largest absolute Gasteiger partial charge is 0.472 e. The van der Waals surface area contributed by atoms with E-state index in [-0.39, 0.29) is 25.7 Å². The molecule has 0 saturated carbocycles. The molecule has 1 amide bonds. The van der Waals surface area contributed by atoms with Gasteiger partial charge in [-0.1, -0.05) is 114 Å². The topological polar surface area (TPSA) is 131 Å². The molecule has 3 atom stereocenters. The van der Waals surface area contributed by atoms with Crippen LogP contribution in [0.15, 0.2) is 48.6 Å². The highest BCUT2D eigenvalue weighted by molar-refractivity contribution is 7.47. The lowest BCUT2D eigenvalue weighted by Gasteiger charge is -2.23. The quantitative estimate of drug-likeness (QED) is 0.0339. The Balaban J connectivity index is 4.48. The van der Waals surface area contributed by atoms with Crippen LogP contribution >= 0.6 is 7.82 Å². The van der Waals surface area contributed by atoms with Crippen molar-refractivity contribution in [3.05, 3.63) is 48.6 Å². The third-order valence-electron chi connectivity index (χ3n) is 7.10. The lowest BCUT2D eigenvalue weighted by atomic mass is 10.1. The van der Waals surface area contributed by atoms with Crippen molar-refractivity contribution in [2.45, 2.75) is 148 Å². The highest BCUT2D eigenvalue weighted by Crippen LogP contribution is 2.43. The van der Waals surface area contributed by atoms with Gasteiger partial charge in [0.2, 0.25) is 5.91 Å². The molecule has 0 radical (unpaired) electrons. The standard InChI is InChI=1S/C35H65N2O6P/c1-3-5-7-9-11-13-15-17-19-21-23-25-27-29-35(39)37-33(32-43-44(40,41)42-31-30-36)34(38)28-26-24-22-20-18-16-14-12-10-8-6-4-2/h10,12-13,15,18,20,26,28,33-34,38H,3-9,11,14,16-17,19,21-25,27,29-32,36H2,1-2H3,(H,37,39)(H,40,41)/b12-10+,15-13-,20-18+,28-26+. The number of nitrogens with one attached hydrogen (secondary N) is 1. The second kappa shape index (κ2) is 31.4. The monoisotopic (exact) mass is 640 g/mol. The molecule has 5 N–H and O–H groups in total. The summed E-state index contributed by atoms with van der Waals surface area (Å²) in [6.07, 6.45) is 35.8. The number of aliphatic hydroxyl groups is 1. The average Bonchev–Trinajstić information content (AvgIpc) is 3.01. The highest BCUT2D eigenvalue weighted by Gasteiger charge is 2.26. The van der Waals surface area contributed by atoms with E-state index in [1.807, 2.05) is 6.08 Å². The Morgan fingerprint density at radius 1 is 0.727 bits per heavy atom. The number of carbonyl (C=O) groups excluding carboxylic acids is 1. The predicted molar refractivity (Wildman–Crippen MR) is 184 cm³/mol.